The van der Waals surface area contributed by atoms with Gasteiger partial charge in [-0.3, -0.25) is 4.79 Å². The fourth-order valence-electron chi connectivity index (χ4n) is 3.59. The molecule has 1 aromatic rings. The minimum absolute atomic E-state index is 0.178. The lowest BCUT2D eigenvalue weighted by Gasteiger charge is -2.37. The van der Waals surface area contributed by atoms with Crippen LogP contribution in [0.5, 0.6) is 0 Å². The number of aromatic nitrogens is 2. The van der Waals surface area contributed by atoms with Crippen molar-refractivity contribution >= 4 is 5.91 Å². The molecule has 0 spiro atoms. The first-order chi connectivity index (χ1) is 9.71. The van der Waals surface area contributed by atoms with Gasteiger partial charge in [0.05, 0.1) is 5.41 Å². The molecule has 1 amide bonds. The summed E-state index contributed by atoms with van der Waals surface area (Å²) in [6, 6.07) is 0. The minimum Gasteiger partial charge on any atom is -0.355 e. The van der Waals surface area contributed by atoms with Crippen LogP contribution in [0.4, 0.5) is 0 Å². The Morgan fingerprint density at radius 2 is 2.45 bits per heavy atom. The monoisotopic (exact) mass is 278 g/mol. The molecular weight excluding hydrogens is 256 g/mol. The molecule has 0 radical (unpaired) electrons. The maximum atomic E-state index is 12.6. The van der Waals surface area contributed by atoms with Gasteiger partial charge in [0, 0.05) is 19.5 Å². The topological polar surface area (TPSA) is 80.0 Å². The van der Waals surface area contributed by atoms with E-state index in [9.17, 15) is 4.79 Å². The predicted octanol–water partition coefficient (Wildman–Crippen LogP) is 0.817. The Labute approximate surface area is 118 Å². The number of amides is 1. The van der Waals surface area contributed by atoms with Crippen LogP contribution in [0.3, 0.4) is 0 Å². The van der Waals surface area contributed by atoms with Crippen molar-refractivity contribution in [3.8, 4) is 0 Å². The summed E-state index contributed by atoms with van der Waals surface area (Å²) in [6.07, 6.45) is 5.19. The van der Waals surface area contributed by atoms with E-state index in [4.69, 9.17) is 4.52 Å². The van der Waals surface area contributed by atoms with Crippen molar-refractivity contribution in [2.75, 3.05) is 19.6 Å². The van der Waals surface area contributed by atoms with Crippen molar-refractivity contribution in [3.63, 3.8) is 0 Å². The van der Waals surface area contributed by atoms with Crippen molar-refractivity contribution in [1.29, 1.82) is 0 Å². The number of aryl methyl sites for hydroxylation is 1. The Hall–Kier alpha value is -1.43. The molecular formula is C14H22N4O2. The highest BCUT2D eigenvalue weighted by atomic mass is 16.5. The van der Waals surface area contributed by atoms with E-state index in [2.05, 4.69) is 20.8 Å². The van der Waals surface area contributed by atoms with Crippen LogP contribution in [0.2, 0.25) is 0 Å². The smallest absolute Gasteiger partial charge is 0.228 e. The van der Waals surface area contributed by atoms with Crippen LogP contribution in [-0.2, 0) is 11.2 Å². The van der Waals surface area contributed by atoms with E-state index >= 15 is 0 Å². The van der Waals surface area contributed by atoms with E-state index < -0.39 is 0 Å². The zero-order chi connectivity index (χ0) is 14.0. The zero-order valence-electron chi connectivity index (χ0n) is 11.9. The van der Waals surface area contributed by atoms with E-state index in [-0.39, 0.29) is 11.3 Å². The average molecular weight is 278 g/mol. The highest BCUT2D eigenvalue weighted by Gasteiger charge is 2.49. The van der Waals surface area contributed by atoms with Gasteiger partial charge in [0.2, 0.25) is 11.8 Å². The zero-order valence-corrected chi connectivity index (χ0v) is 11.9. The highest BCUT2D eigenvalue weighted by molar-refractivity contribution is 5.83. The van der Waals surface area contributed by atoms with Crippen LogP contribution in [0.25, 0.3) is 0 Å². The number of nitrogens with one attached hydrogen (secondary N) is 2. The largest absolute Gasteiger partial charge is 0.355 e. The van der Waals surface area contributed by atoms with Crippen molar-refractivity contribution < 1.29 is 9.32 Å². The van der Waals surface area contributed by atoms with Gasteiger partial charge in [-0.2, -0.15) is 4.98 Å². The second-order valence-electron chi connectivity index (χ2n) is 5.97. The third kappa shape index (κ3) is 2.44. The van der Waals surface area contributed by atoms with E-state index in [1.54, 1.807) is 6.92 Å². The fourth-order valence-corrected chi connectivity index (χ4v) is 3.59. The lowest BCUT2D eigenvalue weighted by Crippen LogP contribution is -2.48. The molecule has 2 N–H and O–H groups in total. The summed E-state index contributed by atoms with van der Waals surface area (Å²) < 4.78 is 5.05. The SMILES string of the molecule is Cc1noc(CCNC(=O)[C@@]23CCCC[C@H]2CNC3)n1. The van der Waals surface area contributed by atoms with Crippen molar-refractivity contribution in [1.82, 2.24) is 20.8 Å². The minimum atomic E-state index is -0.178. The first kappa shape index (κ1) is 13.5. The molecule has 0 aromatic carbocycles. The van der Waals surface area contributed by atoms with Crippen molar-refractivity contribution in [2.45, 2.75) is 39.0 Å². The van der Waals surface area contributed by atoms with Gasteiger partial charge in [0.1, 0.15) is 0 Å². The summed E-state index contributed by atoms with van der Waals surface area (Å²) in [5.74, 6) is 1.92. The van der Waals surface area contributed by atoms with Crippen LogP contribution in [0, 0.1) is 18.3 Å². The number of hydrogen-bond donors (Lipinski definition) is 2. The lowest BCUT2D eigenvalue weighted by molar-refractivity contribution is -0.133. The first-order valence-corrected chi connectivity index (χ1v) is 7.49. The fraction of sp³-hybridized carbons (Fsp3) is 0.786. The van der Waals surface area contributed by atoms with Crippen molar-refractivity contribution in [3.05, 3.63) is 11.7 Å². The third-order valence-corrected chi connectivity index (χ3v) is 4.68. The van der Waals surface area contributed by atoms with E-state index in [0.717, 1.165) is 25.9 Å². The van der Waals surface area contributed by atoms with E-state index in [0.29, 0.717) is 30.6 Å². The number of carbonyl (C=O) groups is 1. The molecule has 2 fully saturated rings. The quantitative estimate of drug-likeness (QED) is 0.852. The van der Waals surface area contributed by atoms with Crippen LogP contribution in [-0.4, -0.2) is 35.7 Å². The molecule has 2 aliphatic rings. The summed E-state index contributed by atoms with van der Waals surface area (Å²) in [5.41, 5.74) is -0.178. The van der Waals surface area contributed by atoms with Gasteiger partial charge in [0.25, 0.3) is 0 Å². The summed E-state index contributed by atoms with van der Waals surface area (Å²) in [5, 5.41) is 10.2. The molecule has 6 nitrogen and oxygen atoms in total. The molecule has 110 valence electrons. The van der Waals surface area contributed by atoms with E-state index in [1.807, 2.05) is 0 Å². The molecule has 1 saturated heterocycles. The highest BCUT2D eigenvalue weighted by Crippen LogP contribution is 2.43. The van der Waals surface area contributed by atoms with Gasteiger partial charge < -0.3 is 15.2 Å². The third-order valence-electron chi connectivity index (χ3n) is 4.68. The molecule has 1 aliphatic carbocycles. The molecule has 2 atom stereocenters. The van der Waals surface area contributed by atoms with Gasteiger partial charge >= 0.3 is 0 Å². The second kappa shape index (κ2) is 5.52. The predicted molar refractivity (Wildman–Crippen MR) is 73.0 cm³/mol. The van der Waals surface area contributed by atoms with Crippen LogP contribution in [0.15, 0.2) is 4.52 Å². The van der Waals surface area contributed by atoms with Gasteiger partial charge in [-0.1, -0.05) is 18.0 Å². The van der Waals surface area contributed by atoms with Crippen LogP contribution >= 0.6 is 0 Å². The molecule has 0 bridgehead atoms. The maximum Gasteiger partial charge on any atom is 0.228 e. The molecule has 1 aliphatic heterocycles. The Balaban J connectivity index is 1.55. The summed E-state index contributed by atoms with van der Waals surface area (Å²) in [7, 11) is 0. The molecule has 20 heavy (non-hydrogen) atoms. The molecule has 6 heteroatoms. The average Bonchev–Trinajstić information content (AvgIpc) is 3.05. The Bertz CT molecular complexity index is 487. The molecule has 1 aromatic heterocycles. The summed E-state index contributed by atoms with van der Waals surface area (Å²) in [6.45, 7) is 4.16. The summed E-state index contributed by atoms with van der Waals surface area (Å²) in [4.78, 5) is 16.7. The molecule has 1 saturated carbocycles. The van der Waals surface area contributed by atoms with Gasteiger partial charge in [-0.05, 0) is 32.2 Å². The normalized spacial score (nSPS) is 29.1. The lowest BCUT2D eigenvalue weighted by atomic mass is 9.67. The molecule has 3 rings (SSSR count). The Morgan fingerprint density at radius 3 is 3.25 bits per heavy atom. The van der Waals surface area contributed by atoms with Crippen LogP contribution in [0.1, 0.15) is 37.4 Å². The Morgan fingerprint density at radius 1 is 1.55 bits per heavy atom. The number of fused-ring (bicyclic) bond motifs is 1. The van der Waals surface area contributed by atoms with Crippen molar-refractivity contribution in [2.24, 2.45) is 11.3 Å². The number of carbonyl (C=O) groups excluding carboxylic acids is 1. The number of nitrogens with zero attached hydrogens (tertiary/aromatic N) is 2. The number of hydrogen-bond acceptors (Lipinski definition) is 5. The second-order valence-corrected chi connectivity index (χ2v) is 5.97. The van der Waals surface area contributed by atoms with Gasteiger partial charge in [0.15, 0.2) is 5.82 Å². The summed E-state index contributed by atoms with van der Waals surface area (Å²) >= 11 is 0. The van der Waals surface area contributed by atoms with Gasteiger partial charge in [-0.25, -0.2) is 0 Å². The van der Waals surface area contributed by atoms with E-state index in [1.165, 1.54) is 12.8 Å². The van der Waals surface area contributed by atoms with Gasteiger partial charge in [-0.15, -0.1) is 0 Å². The first-order valence-electron chi connectivity index (χ1n) is 7.49. The van der Waals surface area contributed by atoms with Crippen LogP contribution < -0.4 is 10.6 Å². The number of rotatable bonds is 4. The molecule has 0 unspecified atom stereocenters. The maximum absolute atomic E-state index is 12.6. The standard InChI is InChI=1S/C14H22N4O2/c1-10-17-12(20-18-10)5-7-16-13(19)14-6-3-2-4-11(14)8-15-9-14/h11,15H,2-9H2,1H3,(H,16,19)/t11-,14+/m0/s1. The molecule has 2 heterocycles. The Kier molecular flexibility index (Phi) is 3.74.